The Balaban J connectivity index is 2.68. The van der Waals surface area contributed by atoms with Crippen molar-refractivity contribution in [2.75, 3.05) is 37.9 Å². The second-order valence-electron chi connectivity index (χ2n) is 3.82. The van der Waals surface area contributed by atoms with Gasteiger partial charge in [0.15, 0.2) is 0 Å². The van der Waals surface area contributed by atoms with E-state index in [9.17, 15) is 0 Å². The fraction of sp³-hybridized carbons (Fsp3) is 0.667. The van der Waals surface area contributed by atoms with Gasteiger partial charge >= 0.3 is 0 Å². The van der Waals surface area contributed by atoms with Crippen LogP contribution >= 0.6 is 0 Å². The zero-order chi connectivity index (χ0) is 12.5. The Morgan fingerprint density at radius 1 is 1.29 bits per heavy atom. The van der Waals surface area contributed by atoms with Crippen molar-refractivity contribution in [3.8, 4) is 0 Å². The lowest BCUT2D eigenvalue weighted by molar-refractivity contribution is 0.197. The van der Waals surface area contributed by atoms with Crippen molar-refractivity contribution in [1.29, 1.82) is 0 Å². The first kappa shape index (κ1) is 13.7. The van der Waals surface area contributed by atoms with Crippen LogP contribution in [0.2, 0.25) is 0 Å². The minimum Gasteiger partial charge on any atom is -0.385 e. The second-order valence-corrected chi connectivity index (χ2v) is 3.82. The first-order chi connectivity index (χ1) is 8.33. The summed E-state index contributed by atoms with van der Waals surface area (Å²) in [6, 6.07) is 0. The maximum absolute atomic E-state index is 5.02. The molecule has 0 aliphatic carbocycles. The molecule has 17 heavy (non-hydrogen) atoms. The number of anilines is 2. The van der Waals surface area contributed by atoms with E-state index in [2.05, 4.69) is 27.5 Å². The van der Waals surface area contributed by atoms with Gasteiger partial charge in [0.05, 0.1) is 0 Å². The largest absolute Gasteiger partial charge is 0.385 e. The quantitative estimate of drug-likeness (QED) is 0.678. The average Bonchev–Trinajstić information content (AvgIpc) is 2.36. The molecular weight excluding hydrogens is 216 g/mol. The molecule has 0 unspecified atom stereocenters. The summed E-state index contributed by atoms with van der Waals surface area (Å²) in [6.45, 7) is 3.78. The molecule has 0 radical (unpaired) electrons. The molecule has 5 nitrogen and oxygen atoms in total. The molecule has 0 atom stereocenters. The van der Waals surface area contributed by atoms with E-state index in [1.807, 2.05) is 7.05 Å². The van der Waals surface area contributed by atoms with Crippen molar-refractivity contribution in [2.45, 2.75) is 26.2 Å². The Kier molecular flexibility index (Phi) is 6.32. The van der Waals surface area contributed by atoms with Crippen LogP contribution in [0.5, 0.6) is 0 Å². The number of methoxy groups -OCH3 is 1. The molecule has 1 aromatic heterocycles. The van der Waals surface area contributed by atoms with Crippen molar-refractivity contribution in [1.82, 2.24) is 9.97 Å². The van der Waals surface area contributed by atoms with E-state index < -0.39 is 0 Å². The fourth-order valence-electron chi connectivity index (χ4n) is 1.69. The lowest BCUT2D eigenvalue weighted by Crippen LogP contribution is -2.10. The van der Waals surface area contributed by atoms with Gasteiger partial charge in [0.25, 0.3) is 0 Å². The van der Waals surface area contributed by atoms with Crippen LogP contribution in [0.4, 0.5) is 11.6 Å². The average molecular weight is 238 g/mol. The SMILES string of the molecule is CCCc1c(NC)ncnc1NCCCOC. The molecule has 1 heterocycles. The minimum atomic E-state index is 0.764. The van der Waals surface area contributed by atoms with Crippen LogP contribution in [0.15, 0.2) is 6.33 Å². The van der Waals surface area contributed by atoms with Crippen molar-refractivity contribution in [3.63, 3.8) is 0 Å². The van der Waals surface area contributed by atoms with Crippen LogP contribution in [0.1, 0.15) is 25.3 Å². The summed E-state index contributed by atoms with van der Waals surface area (Å²) in [4.78, 5) is 8.53. The molecule has 1 aromatic rings. The van der Waals surface area contributed by atoms with Crippen LogP contribution in [-0.2, 0) is 11.2 Å². The number of ether oxygens (including phenoxy) is 1. The second kappa shape index (κ2) is 7.84. The van der Waals surface area contributed by atoms with E-state index in [1.165, 1.54) is 0 Å². The third-order valence-electron chi connectivity index (χ3n) is 2.50. The van der Waals surface area contributed by atoms with Crippen molar-refractivity contribution in [3.05, 3.63) is 11.9 Å². The lowest BCUT2D eigenvalue weighted by Gasteiger charge is -2.13. The highest BCUT2D eigenvalue weighted by Crippen LogP contribution is 2.20. The lowest BCUT2D eigenvalue weighted by atomic mass is 10.1. The molecule has 5 heteroatoms. The Bertz CT molecular complexity index is 330. The molecule has 96 valence electrons. The Morgan fingerprint density at radius 3 is 2.71 bits per heavy atom. The van der Waals surface area contributed by atoms with Gasteiger partial charge in [-0.15, -0.1) is 0 Å². The van der Waals surface area contributed by atoms with Crippen LogP contribution in [0.3, 0.4) is 0 Å². The summed E-state index contributed by atoms with van der Waals surface area (Å²) < 4.78 is 5.02. The third kappa shape index (κ3) is 4.19. The number of hydrogen-bond donors (Lipinski definition) is 2. The summed E-state index contributed by atoms with van der Waals surface area (Å²) in [5.41, 5.74) is 1.16. The number of rotatable bonds is 8. The van der Waals surface area contributed by atoms with Gasteiger partial charge in [-0.05, 0) is 12.8 Å². The molecule has 0 fully saturated rings. The smallest absolute Gasteiger partial charge is 0.134 e. The number of nitrogens with one attached hydrogen (secondary N) is 2. The van der Waals surface area contributed by atoms with E-state index >= 15 is 0 Å². The zero-order valence-electron chi connectivity index (χ0n) is 10.9. The zero-order valence-corrected chi connectivity index (χ0v) is 10.9. The Hall–Kier alpha value is -1.36. The molecule has 1 rings (SSSR count). The molecule has 0 saturated heterocycles. The number of aromatic nitrogens is 2. The topological polar surface area (TPSA) is 59.1 Å². The van der Waals surface area contributed by atoms with Gasteiger partial charge in [0.2, 0.25) is 0 Å². The molecule has 0 aromatic carbocycles. The predicted octanol–water partition coefficient (Wildman–Crippen LogP) is 1.92. The third-order valence-corrected chi connectivity index (χ3v) is 2.50. The van der Waals surface area contributed by atoms with Gasteiger partial charge in [0.1, 0.15) is 18.0 Å². The van der Waals surface area contributed by atoms with Crippen LogP contribution in [0, 0.1) is 0 Å². The summed E-state index contributed by atoms with van der Waals surface area (Å²) in [5.74, 6) is 1.85. The number of nitrogens with zero attached hydrogens (tertiary/aromatic N) is 2. The molecule has 0 amide bonds. The fourth-order valence-corrected chi connectivity index (χ4v) is 1.69. The molecule has 0 saturated carbocycles. The molecule has 0 aliphatic rings. The molecular formula is C12H22N4O. The van der Waals surface area contributed by atoms with Crippen molar-refractivity contribution < 1.29 is 4.74 Å². The molecule has 0 bridgehead atoms. The molecule has 2 N–H and O–H groups in total. The van der Waals surface area contributed by atoms with E-state index in [0.29, 0.717) is 0 Å². The Morgan fingerprint density at radius 2 is 2.06 bits per heavy atom. The van der Waals surface area contributed by atoms with Crippen molar-refractivity contribution in [2.24, 2.45) is 0 Å². The Labute approximate surface area is 103 Å². The van der Waals surface area contributed by atoms with Gasteiger partial charge in [0, 0.05) is 32.9 Å². The van der Waals surface area contributed by atoms with E-state index in [0.717, 1.165) is 49.6 Å². The predicted molar refractivity (Wildman–Crippen MR) is 70.6 cm³/mol. The van der Waals surface area contributed by atoms with E-state index in [-0.39, 0.29) is 0 Å². The maximum Gasteiger partial charge on any atom is 0.134 e. The summed E-state index contributed by atoms with van der Waals surface area (Å²) in [7, 11) is 3.60. The van der Waals surface area contributed by atoms with Crippen LogP contribution in [0.25, 0.3) is 0 Å². The summed E-state index contributed by atoms with van der Waals surface area (Å²) >= 11 is 0. The first-order valence-corrected chi connectivity index (χ1v) is 6.07. The highest BCUT2D eigenvalue weighted by atomic mass is 16.5. The standard InChI is InChI=1S/C12H22N4O/c1-4-6-10-11(13-2)15-9-16-12(10)14-7-5-8-17-3/h9H,4-8H2,1-3H3,(H2,13,14,15,16). The highest BCUT2D eigenvalue weighted by molar-refractivity contribution is 5.57. The van der Waals surface area contributed by atoms with Gasteiger partial charge in [-0.2, -0.15) is 0 Å². The molecule has 0 spiro atoms. The van der Waals surface area contributed by atoms with Crippen LogP contribution < -0.4 is 10.6 Å². The van der Waals surface area contributed by atoms with Gasteiger partial charge in [-0.25, -0.2) is 9.97 Å². The normalized spacial score (nSPS) is 10.3. The van der Waals surface area contributed by atoms with Gasteiger partial charge in [-0.3, -0.25) is 0 Å². The maximum atomic E-state index is 5.02. The first-order valence-electron chi connectivity index (χ1n) is 6.07. The van der Waals surface area contributed by atoms with Gasteiger partial charge < -0.3 is 15.4 Å². The van der Waals surface area contributed by atoms with E-state index in [1.54, 1.807) is 13.4 Å². The monoisotopic (exact) mass is 238 g/mol. The summed E-state index contributed by atoms with van der Waals surface area (Å²) in [5, 5.41) is 6.44. The highest BCUT2D eigenvalue weighted by Gasteiger charge is 2.08. The summed E-state index contributed by atoms with van der Waals surface area (Å²) in [6.07, 6.45) is 4.61. The van der Waals surface area contributed by atoms with E-state index in [4.69, 9.17) is 4.74 Å². The minimum absolute atomic E-state index is 0.764. The van der Waals surface area contributed by atoms with Crippen molar-refractivity contribution >= 4 is 11.6 Å². The van der Waals surface area contributed by atoms with Crippen LogP contribution in [-0.4, -0.2) is 37.3 Å². The van der Waals surface area contributed by atoms with Gasteiger partial charge in [-0.1, -0.05) is 13.3 Å². The number of hydrogen-bond acceptors (Lipinski definition) is 5. The molecule has 0 aliphatic heterocycles.